The van der Waals surface area contributed by atoms with Crippen LogP contribution in [0.15, 0.2) is 6.20 Å². The quantitative estimate of drug-likeness (QED) is 0.825. The predicted octanol–water partition coefficient (Wildman–Crippen LogP) is 1.93. The van der Waals surface area contributed by atoms with Gasteiger partial charge in [0.05, 0.1) is 23.5 Å². The number of nitrogens with zero attached hydrogens (tertiary/aromatic N) is 3. The summed E-state index contributed by atoms with van der Waals surface area (Å²) in [7, 11) is 4.06. The monoisotopic (exact) mass is 255 g/mol. The van der Waals surface area contributed by atoms with Gasteiger partial charge in [-0.05, 0) is 20.5 Å². The van der Waals surface area contributed by atoms with Crippen LogP contribution >= 0.6 is 11.6 Å². The van der Waals surface area contributed by atoms with Crippen LogP contribution in [-0.2, 0) is 11.3 Å². The highest BCUT2D eigenvalue weighted by atomic mass is 35.5. The molecule has 4 nitrogen and oxygen atoms in total. The summed E-state index contributed by atoms with van der Waals surface area (Å²) in [5.74, 6) is 0.603. The van der Waals surface area contributed by atoms with Gasteiger partial charge in [0, 0.05) is 25.3 Å². The third-order valence-corrected chi connectivity index (χ3v) is 3.52. The highest BCUT2D eigenvalue weighted by Crippen LogP contribution is 2.35. The van der Waals surface area contributed by atoms with Crippen molar-refractivity contribution in [3.8, 4) is 0 Å². The van der Waals surface area contributed by atoms with Gasteiger partial charge in [-0.1, -0.05) is 11.6 Å². The largest absolute Gasteiger partial charge is 0.308 e. The molecule has 1 heterocycles. The molecule has 1 atom stereocenters. The zero-order valence-electron chi connectivity index (χ0n) is 10.3. The Morgan fingerprint density at radius 2 is 2.35 bits per heavy atom. The molecule has 2 rings (SSSR count). The highest BCUT2D eigenvalue weighted by molar-refractivity contribution is 6.31. The topological polar surface area (TPSA) is 38.1 Å². The number of ketones is 1. The molecule has 1 aliphatic carbocycles. The third kappa shape index (κ3) is 2.87. The van der Waals surface area contributed by atoms with E-state index in [1.54, 1.807) is 6.20 Å². The summed E-state index contributed by atoms with van der Waals surface area (Å²) in [6.45, 7) is 1.74. The summed E-state index contributed by atoms with van der Waals surface area (Å²) in [5.41, 5.74) is 1.04. The molecule has 0 saturated heterocycles. The lowest BCUT2D eigenvalue weighted by Crippen LogP contribution is -2.20. The smallest absolute Gasteiger partial charge is 0.133 e. The maximum atomic E-state index is 11.4. The average Bonchev–Trinajstić information content (AvgIpc) is 2.82. The second-order valence-electron chi connectivity index (χ2n) is 4.88. The van der Waals surface area contributed by atoms with Crippen molar-refractivity contribution < 1.29 is 4.79 Å². The van der Waals surface area contributed by atoms with E-state index in [1.165, 1.54) is 0 Å². The van der Waals surface area contributed by atoms with Gasteiger partial charge in [-0.2, -0.15) is 5.10 Å². The van der Waals surface area contributed by atoms with E-state index < -0.39 is 0 Å². The van der Waals surface area contributed by atoms with Gasteiger partial charge in [-0.25, -0.2) is 0 Å². The summed E-state index contributed by atoms with van der Waals surface area (Å²) in [5, 5.41) is 5.00. The van der Waals surface area contributed by atoms with Crippen molar-refractivity contribution in [2.24, 2.45) is 0 Å². The molecule has 0 radical (unpaired) electrons. The van der Waals surface area contributed by atoms with E-state index in [0.717, 1.165) is 25.2 Å². The van der Waals surface area contributed by atoms with Crippen molar-refractivity contribution in [3.63, 3.8) is 0 Å². The number of hydrogen-bond acceptors (Lipinski definition) is 3. The number of carbonyl (C=O) groups excluding carboxylic acids is 1. The lowest BCUT2D eigenvalue weighted by atomic mass is 10.0. The number of likely N-dealkylation sites (N-methyl/N-ethyl adjacent to an activating group) is 1. The summed E-state index contributed by atoms with van der Waals surface area (Å²) >= 11 is 6.18. The van der Waals surface area contributed by atoms with Gasteiger partial charge in [0.1, 0.15) is 5.78 Å². The molecule has 1 saturated carbocycles. The van der Waals surface area contributed by atoms with Crippen LogP contribution in [0.2, 0.25) is 5.02 Å². The highest BCUT2D eigenvalue weighted by Gasteiger charge is 2.28. The summed E-state index contributed by atoms with van der Waals surface area (Å²) in [6.07, 6.45) is 3.90. The number of halogens is 1. The fourth-order valence-corrected chi connectivity index (χ4v) is 2.59. The van der Waals surface area contributed by atoms with Crippen molar-refractivity contribution in [2.45, 2.75) is 31.7 Å². The predicted molar refractivity (Wildman–Crippen MR) is 67.4 cm³/mol. The van der Waals surface area contributed by atoms with Crippen molar-refractivity contribution in [3.05, 3.63) is 16.9 Å². The van der Waals surface area contributed by atoms with Gasteiger partial charge in [-0.3, -0.25) is 9.48 Å². The minimum atomic E-state index is 0.264. The van der Waals surface area contributed by atoms with Crippen LogP contribution in [0.4, 0.5) is 0 Å². The zero-order chi connectivity index (χ0) is 12.4. The van der Waals surface area contributed by atoms with Crippen LogP contribution in [0.25, 0.3) is 0 Å². The molecule has 1 aromatic heterocycles. The van der Waals surface area contributed by atoms with Crippen molar-refractivity contribution >= 4 is 17.4 Å². The van der Waals surface area contributed by atoms with Gasteiger partial charge in [-0.15, -0.1) is 0 Å². The summed E-state index contributed by atoms with van der Waals surface area (Å²) in [6, 6.07) is 0. The average molecular weight is 256 g/mol. The molecule has 1 fully saturated rings. The SMILES string of the molecule is CN(C)CCn1ncc(Cl)c1C1CCC(=O)C1. The molecule has 5 heteroatoms. The molecular formula is C12H18ClN3O. The van der Waals surface area contributed by atoms with Gasteiger partial charge < -0.3 is 4.90 Å². The molecule has 1 aliphatic rings. The zero-order valence-corrected chi connectivity index (χ0v) is 11.1. The second kappa shape index (κ2) is 5.19. The van der Waals surface area contributed by atoms with Crippen LogP contribution in [-0.4, -0.2) is 41.1 Å². The molecule has 1 aromatic rings. The molecule has 1 unspecified atom stereocenters. The Hall–Kier alpha value is -0.870. The maximum absolute atomic E-state index is 11.4. The standard InChI is InChI=1S/C12H18ClN3O/c1-15(2)5-6-16-12(11(13)8-14-16)9-3-4-10(17)7-9/h8-9H,3-7H2,1-2H3. The minimum Gasteiger partial charge on any atom is -0.308 e. The first-order valence-electron chi connectivity index (χ1n) is 5.95. The van der Waals surface area contributed by atoms with Crippen molar-refractivity contribution in [1.29, 1.82) is 0 Å². The van der Waals surface area contributed by atoms with Crippen LogP contribution in [0.1, 0.15) is 30.9 Å². The van der Waals surface area contributed by atoms with Crippen molar-refractivity contribution in [1.82, 2.24) is 14.7 Å². The van der Waals surface area contributed by atoms with Gasteiger partial charge >= 0.3 is 0 Å². The lowest BCUT2D eigenvalue weighted by molar-refractivity contribution is -0.117. The first kappa shape index (κ1) is 12.6. The maximum Gasteiger partial charge on any atom is 0.133 e. The number of aromatic nitrogens is 2. The summed E-state index contributed by atoms with van der Waals surface area (Å²) in [4.78, 5) is 13.5. The van der Waals surface area contributed by atoms with E-state index >= 15 is 0 Å². The van der Waals surface area contributed by atoms with Gasteiger partial charge in [0.2, 0.25) is 0 Å². The Morgan fingerprint density at radius 1 is 1.59 bits per heavy atom. The van der Waals surface area contributed by atoms with Gasteiger partial charge in [0.25, 0.3) is 0 Å². The fraction of sp³-hybridized carbons (Fsp3) is 0.667. The molecule has 94 valence electrons. The molecule has 0 aliphatic heterocycles. The molecule has 0 aromatic carbocycles. The van der Waals surface area contributed by atoms with E-state index in [-0.39, 0.29) is 5.92 Å². The summed E-state index contributed by atoms with van der Waals surface area (Å²) < 4.78 is 1.95. The normalized spacial score (nSPS) is 20.5. The molecule has 0 amide bonds. The molecule has 0 spiro atoms. The Kier molecular flexibility index (Phi) is 3.84. The number of Topliss-reactive ketones (excluding diaryl/α,β-unsaturated/α-hetero) is 1. The Bertz CT molecular complexity index is 414. The van der Waals surface area contributed by atoms with Gasteiger partial charge in [0.15, 0.2) is 0 Å². The van der Waals surface area contributed by atoms with Crippen LogP contribution in [0, 0.1) is 0 Å². The first-order chi connectivity index (χ1) is 8.08. The molecule has 17 heavy (non-hydrogen) atoms. The van der Waals surface area contributed by atoms with E-state index in [1.807, 2.05) is 18.8 Å². The molecule has 0 N–H and O–H groups in total. The van der Waals surface area contributed by atoms with E-state index in [9.17, 15) is 4.79 Å². The fourth-order valence-electron chi connectivity index (χ4n) is 2.30. The Balaban J connectivity index is 2.14. The number of hydrogen-bond donors (Lipinski definition) is 0. The Labute approximate surface area is 107 Å². The minimum absolute atomic E-state index is 0.264. The number of rotatable bonds is 4. The van der Waals surface area contributed by atoms with E-state index in [4.69, 9.17) is 11.6 Å². The van der Waals surface area contributed by atoms with Crippen LogP contribution < -0.4 is 0 Å². The lowest BCUT2D eigenvalue weighted by Gasteiger charge is -2.15. The first-order valence-corrected chi connectivity index (χ1v) is 6.33. The molecule has 0 bridgehead atoms. The Morgan fingerprint density at radius 3 is 2.94 bits per heavy atom. The molecular weight excluding hydrogens is 238 g/mol. The van der Waals surface area contributed by atoms with E-state index in [0.29, 0.717) is 23.6 Å². The van der Waals surface area contributed by atoms with Crippen LogP contribution in [0.3, 0.4) is 0 Å². The van der Waals surface area contributed by atoms with Crippen molar-refractivity contribution in [2.75, 3.05) is 20.6 Å². The van der Waals surface area contributed by atoms with Crippen LogP contribution in [0.5, 0.6) is 0 Å². The third-order valence-electron chi connectivity index (χ3n) is 3.22. The second-order valence-corrected chi connectivity index (χ2v) is 5.29. The van der Waals surface area contributed by atoms with E-state index in [2.05, 4.69) is 10.00 Å². The number of carbonyl (C=O) groups is 1.